The molecule has 0 saturated carbocycles. The molecule has 5 nitrogen and oxygen atoms in total. The van der Waals surface area contributed by atoms with Crippen LogP contribution < -0.4 is 10.4 Å². The highest BCUT2D eigenvalue weighted by Gasteiger charge is 2.50. The smallest absolute Gasteiger partial charge is 0.410 e. The maximum Gasteiger partial charge on any atom is 0.410 e. The Morgan fingerprint density at radius 3 is 1.60 bits per heavy atom. The van der Waals surface area contributed by atoms with Crippen LogP contribution in [0.15, 0.2) is 109 Å². The summed E-state index contributed by atoms with van der Waals surface area (Å²) in [4.78, 5) is 15.3. The molecule has 1 amide bonds. The van der Waals surface area contributed by atoms with Crippen LogP contribution in [0.5, 0.6) is 0 Å². The predicted molar refractivity (Wildman–Crippen MR) is 221 cm³/mol. The Hall–Kier alpha value is -3.50. The summed E-state index contributed by atoms with van der Waals surface area (Å²) < 4.78 is 19.8. The highest BCUT2D eigenvalue weighted by atomic mass is 28.4. The molecule has 0 aromatic heterocycles. The van der Waals surface area contributed by atoms with Crippen molar-refractivity contribution in [1.82, 2.24) is 4.90 Å². The summed E-state index contributed by atoms with van der Waals surface area (Å²) in [6, 6.07) is 39.2. The molecule has 0 bridgehead atoms. The first-order chi connectivity index (χ1) is 24.3. The quantitative estimate of drug-likeness (QED) is 0.152. The Bertz CT molecular complexity index is 1710. The van der Waals surface area contributed by atoms with E-state index in [1.54, 1.807) is 0 Å². The normalized spacial score (nSPS) is 17.3. The topological polar surface area (TPSA) is 48.0 Å². The highest BCUT2D eigenvalue weighted by Crippen LogP contribution is 2.40. The fourth-order valence-corrected chi connectivity index (χ4v) is 13.0. The van der Waals surface area contributed by atoms with E-state index in [-0.39, 0.29) is 28.3 Å². The van der Waals surface area contributed by atoms with E-state index >= 15 is 0 Å². The van der Waals surface area contributed by atoms with E-state index in [1.165, 1.54) is 21.5 Å². The Labute approximate surface area is 316 Å². The van der Waals surface area contributed by atoms with Crippen molar-refractivity contribution in [2.45, 2.75) is 123 Å². The van der Waals surface area contributed by atoms with Crippen LogP contribution in [0.25, 0.3) is 11.1 Å². The number of hydrogen-bond donors (Lipinski definition) is 0. The molecule has 52 heavy (non-hydrogen) atoms. The van der Waals surface area contributed by atoms with E-state index in [1.807, 2.05) is 25.7 Å². The molecule has 0 aliphatic carbocycles. The number of amides is 1. The first-order valence-electron chi connectivity index (χ1n) is 18.9. The maximum absolute atomic E-state index is 13.4. The molecule has 4 aromatic carbocycles. The average Bonchev–Trinajstić information content (AvgIpc) is 3.46. The van der Waals surface area contributed by atoms with E-state index in [9.17, 15) is 4.79 Å². The summed E-state index contributed by atoms with van der Waals surface area (Å²) in [6.07, 6.45) is 1.33. The van der Waals surface area contributed by atoms with Crippen molar-refractivity contribution in [3.05, 3.63) is 120 Å². The predicted octanol–water partition coefficient (Wildman–Crippen LogP) is 10.4. The molecule has 1 aliphatic rings. The lowest BCUT2D eigenvalue weighted by molar-refractivity contribution is 0.0210. The number of carbonyl (C=O) groups excluding carboxylic acids is 1. The summed E-state index contributed by atoms with van der Waals surface area (Å²) in [7, 11) is -4.61. The van der Waals surface area contributed by atoms with Crippen LogP contribution in [0.1, 0.15) is 79.9 Å². The highest BCUT2D eigenvalue weighted by molar-refractivity contribution is 6.99. The molecule has 0 radical (unpaired) electrons. The average molecular weight is 736 g/mol. The summed E-state index contributed by atoms with van der Waals surface area (Å²) in [5.74, 6) is 0. The van der Waals surface area contributed by atoms with Gasteiger partial charge in [-0.1, -0.05) is 151 Å². The molecule has 278 valence electrons. The molecular formula is C45H61NO4Si2. The van der Waals surface area contributed by atoms with Gasteiger partial charge >= 0.3 is 6.09 Å². The number of nitrogens with zero attached hydrogens (tertiary/aromatic N) is 1. The van der Waals surface area contributed by atoms with Gasteiger partial charge in [-0.25, -0.2) is 4.79 Å². The van der Waals surface area contributed by atoms with Gasteiger partial charge < -0.3 is 18.5 Å². The molecule has 0 spiro atoms. The zero-order chi connectivity index (χ0) is 38.0. The number of benzene rings is 4. The van der Waals surface area contributed by atoms with Crippen molar-refractivity contribution in [1.29, 1.82) is 0 Å². The van der Waals surface area contributed by atoms with Crippen LogP contribution in [0.2, 0.25) is 23.2 Å². The zero-order valence-electron chi connectivity index (χ0n) is 33.5. The van der Waals surface area contributed by atoms with Crippen LogP contribution in [-0.4, -0.2) is 51.9 Å². The monoisotopic (exact) mass is 735 g/mol. The largest absolute Gasteiger partial charge is 0.444 e. The van der Waals surface area contributed by atoms with E-state index in [0.717, 1.165) is 24.0 Å². The van der Waals surface area contributed by atoms with Crippen LogP contribution in [0.4, 0.5) is 4.79 Å². The van der Waals surface area contributed by atoms with Crippen molar-refractivity contribution in [3.8, 4) is 11.1 Å². The zero-order valence-corrected chi connectivity index (χ0v) is 35.5. The Balaban J connectivity index is 1.30. The van der Waals surface area contributed by atoms with Gasteiger partial charge in [0.1, 0.15) is 5.60 Å². The number of ether oxygens (including phenoxy) is 1. The van der Waals surface area contributed by atoms with Crippen molar-refractivity contribution in [3.63, 3.8) is 0 Å². The van der Waals surface area contributed by atoms with Gasteiger partial charge in [0.05, 0.1) is 12.7 Å². The lowest BCUT2D eigenvalue weighted by Gasteiger charge is -2.43. The summed E-state index contributed by atoms with van der Waals surface area (Å²) in [5, 5.41) is 2.61. The molecule has 1 heterocycles. The molecule has 1 saturated heterocycles. The van der Waals surface area contributed by atoms with Crippen LogP contribution in [-0.2, 0) is 26.6 Å². The first-order valence-corrected chi connectivity index (χ1v) is 23.7. The van der Waals surface area contributed by atoms with Crippen molar-refractivity contribution >= 4 is 33.1 Å². The second-order valence-electron chi connectivity index (χ2n) is 18.1. The molecule has 0 unspecified atom stereocenters. The summed E-state index contributed by atoms with van der Waals surface area (Å²) in [5.41, 5.74) is 4.14. The van der Waals surface area contributed by atoms with Gasteiger partial charge in [-0.15, -0.1) is 0 Å². The summed E-state index contributed by atoms with van der Waals surface area (Å²) >= 11 is 0. The van der Waals surface area contributed by atoms with Crippen molar-refractivity contribution in [2.24, 2.45) is 0 Å². The van der Waals surface area contributed by atoms with Gasteiger partial charge in [-0.05, 0) is 89.4 Å². The fraction of sp³-hybridized carbons (Fsp3) is 0.444. The maximum atomic E-state index is 13.4. The molecular weight excluding hydrogens is 675 g/mol. The lowest BCUT2D eigenvalue weighted by Crippen LogP contribution is -2.66. The van der Waals surface area contributed by atoms with Crippen LogP contribution in [0.3, 0.4) is 0 Å². The minimum Gasteiger partial charge on any atom is -0.444 e. The van der Waals surface area contributed by atoms with E-state index < -0.39 is 22.2 Å². The number of carbonyl (C=O) groups is 1. The third kappa shape index (κ3) is 9.16. The Morgan fingerprint density at radius 1 is 0.673 bits per heavy atom. The second kappa shape index (κ2) is 15.5. The molecule has 2 atom stereocenters. The third-order valence-corrected chi connectivity index (χ3v) is 20.4. The molecule has 1 aliphatic heterocycles. The minimum absolute atomic E-state index is 0.0109. The Kier molecular flexibility index (Phi) is 11.8. The minimum atomic E-state index is -2.62. The number of hydrogen-bond acceptors (Lipinski definition) is 4. The molecule has 0 N–H and O–H groups in total. The molecule has 4 aromatic rings. The first kappa shape index (κ1) is 39.7. The molecule has 7 heteroatoms. The molecule has 5 rings (SSSR count). The van der Waals surface area contributed by atoms with Crippen molar-refractivity contribution < 1.29 is 18.4 Å². The molecule has 1 fully saturated rings. The third-order valence-electron chi connectivity index (χ3n) is 10.9. The van der Waals surface area contributed by atoms with E-state index in [4.69, 9.17) is 13.6 Å². The van der Waals surface area contributed by atoms with Crippen LogP contribution in [0, 0.1) is 0 Å². The van der Waals surface area contributed by atoms with Crippen LogP contribution >= 0.6 is 0 Å². The van der Waals surface area contributed by atoms with Crippen molar-refractivity contribution in [2.75, 3.05) is 6.54 Å². The van der Waals surface area contributed by atoms with Gasteiger partial charge in [-0.3, -0.25) is 0 Å². The van der Waals surface area contributed by atoms with E-state index in [2.05, 4.69) is 164 Å². The second-order valence-corrected chi connectivity index (χ2v) is 27.1. The Morgan fingerprint density at radius 2 is 1.15 bits per heavy atom. The van der Waals surface area contributed by atoms with Gasteiger partial charge in [0.2, 0.25) is 0 Å². The van der Waals surface area contributed by atoms with E-state index in [0.29, 0.717) is 13.2 Å². The van der Waals surface area contributed by atoms with Gasteiger partial charge in [0.25, 0.3) is 8.32 Å². The lowest BCUT2D eigenvalue weighted by atomic mass is 9.99. The SMILES string of the molecule is CC(C)(C)OC(=O)N1C[C@H](O[Si](C)(C)C(C)(C)C)C[C@H]1Cc1ccc(-c2ccc(CO[Si](c3ccccc3)(c3ccccc3)C(C)(C)C)cc2)cc1. The van der Waals surface area contributed by atoms with Gasteiger partial charge in [0.15, 0.2) is 8.32 Å². The standard InChI is InChI=1S/C45H61NO4Si2/c1-43(2,3)49-42(47)46-32-39(50-51(10,11)44(4,5)6)31-38(46)30-34-22-26-36(27-23-34)37-28-24-35(25-29-37)33-48-52(45(7,8)9,40-18-14-12-15-19-40)41-20-16-13-17-21-41/h12-29,38-39H,30-33H2,1-11H3/t38-,39-/m1/s1. The number of rotatable bonds is 10. The number of likely N-dealkylation sites (tertiary alicyclic amines) is 1. The van der Waals surface area contributed by atoms with Gasteiger partial charge in [0, 0.05) is 12.6 Å². The fourth-order valence-electron chi connectivity index (χ4n) is 7.14. The van der Waals surface area contributed by atoms with Gasteiger partial charge in [-0.2, -0.15) is 0 Å². The summed E-state index contributed by atoms with van der Waals surface area (Å²) in [6.45, 7) is 25.2.